The number of hydrogen-bond donors (Lipinski definition) is 0. The maximum Gasteiger partial charge on any atom is 0.128 e. The number of hydrogen-bond acceptors (Lipinski definition) is 1. The smallest absolute Gasteiger partial charge is 0.128 e. The van der Waals surface area contributed by atoms with Gasteiger partial charge in [-0.15, -0.1) is 0 Å². The van der Waals surface area contributed by atoms with Gasteiger partial charge in [-0.25, -0.2) is 4.39 Å². The molecule has 3 rings (SSSR count). The van der Waals surface area contributed by atoms with Crippen molar-refractivity contribution >= 4 is 0 Å². The van der Waals surface area contributed by atoms with Crippen molar-refractivity contribution in [2.75, 3.05) is 6.61 Å². The Hall–Kier alpha value is -0.110. The predicted octanol–water partition coefficient (Wildman–Crippen LogP) is 3.72. The van der Waals surface area contributed by atoms with Gasteiger partial charge in [0, 0.05) is 0 Å². The number of rotatable bonds is 3. The summed E-state index contributed by atoms with van der Waals surface area (Å²) in [7, 11) is 0. The van der Waals surface area contributed by atoms with Crippen LogP contribution < -0.4 is 0 Å². The molecule has 0 spiro atoms. The Labute approximate surface area is 97.7 Å². The summed E-state index contributed by atoms with van der Waals surface area (Å²) in [6.45, 7) is 3.52. The molecule has 0 aromatic heterocycles. The third-order valence-corrected chi connectivity index (χ3v) is 4.96. The number of ether oxygens (including phenoxy) is 1. The van der Waals surface area contributed by atoms with Crippen molar-refractivity contribution in [1.82, 2.24) is 0 Å². The van der Waals surface area contributed by atoms with Gasteiger partial charge in [0.05, 0.1) is 12.2 Å². The van der Waals surface area contributed by atoms with Gasteiger partial charge in [0.1, 0.15) is 5.67 Å². The van der Waals surface area contributed by atoms with Crippen molar-refractivity contribution < 1.29 is 9.13 Å². The summed E-state index contributed by atoms with van der Waals surface area (Å²) in [5.41, 5.74) is -1.08. The highest BCUT2D eigenvalue weighted by Crippen LogP contribution is 2.62. The first-order valence-corrected chi connectivity index (χ1v) is 6.81. The minimum absolute atomic E-state index is 0.0963. The molecule has 3 aliphatic rings. The lowest BCUT2D eigenvalue weighted by Crippen LogP contribution is -2.53. The van der Waals surface area contributed by atoms with Gasteiger partial charge in [-0.2, -0.15) is 0 Å². The van der Waals surface area contributed by atoms with Crippen molar-refractivity contribution in [1.29, 1.82) is 0 Å². The molecule has 4 atom stereocenters. The lowest BCUT2D eigenvalue weighted by molar-refractivity contribution is -0.184. The van der Waals surface area contributed by atoms with Crippen molar-refractivity contribution in [2.45, 2.75) is 63.6 Å². The molecule has 92 valence electrons. The molecule has 2 bridgehead atoms. The van der Waals surface area contributed by atoms with Gasteiger partial charge in [-0.3, -0.25) is 0 Å². The van der Waals surface area contributed by atoms with E-state index >= 15 is 0 Å². The van der Waals surface area contributed by atoms with E-state index in [2.05, 4.69) is 0 Å². The predicted molar refractivity (Wildman–Crippen MR) is 62.0 cm³/mol. The van der Waals surface area contributed by atoms with E-state index in [1.807, 2.05) is 0 Å². The molecule has 4 unspecified atom stereocenters. The molecule has 0 heterocycles. The second-order valence-electron chi connectivity index (χ2n) is 6.88. The summed E-state index contributed by atoms with van der Waals surface area (Å²) in [6.07, 6.45) is 7.98. The van der Waals surface area contributed by atoms with Crippen molar-refractivity contribution in [2.24, 2.45) is 17.8 Å². The topological polar surface area (TPSA) is 9.23 Å². The monoisotopic (exact) mass is 226 g/mol. The maximum atomic E-state index is 13.5. The lowest BCUT2D eigenvalue weighted by atomic mass is 9.61. The minimum Gasteiger partial charge on any atom is -0.371 e. The second kappa shape index (κ2) is 3.44. The zero-order valence-electron chi connectivity index (χ0n) is 10.5. The van der Waals surface area contributed by atoms with E-state index in [0.29, 0.717) is 0 Å². The highest BCUT2D eigenvalue weighted by Gasteiger charge is 2.60. The summed E-state index contributed by atoms with van der Waals surface area (Å²) in [6, 6.07) is 0. The molecule has 0 aromatic carbocycles. The number of fused-ring (bicyclic) bond motifs is 1. The first-order chi connectivity index (χ1) is 7.49. The van der Waals surface area contributed by atoms with Crippen LogP contribution in [0.25, 0.3) is 0 Å². The van der Waals surface area contributed by atoms with E-state index in [1.54, 1.807) is 13.8 Å². The van der Waals surface area contributed by atoms with E-state index < -0.39 is 5.67 Å². The summed E-state index contributed by atoms with van der Waals surface area (Å²) in [5, 5.41) is 0. The van der Waals surface area contributed by atoms with Gasteiger partial charge in [-0.1, -0.05) is 12.8 Å². The van der Waals surface area contributed by atoms with Gasteiger partial charge in [0.25, 0.3) is 0 Å². The number of halogens is 1. The van der Waals surface area contributed by atoms with Gasteiger partial charge in [-0.05, 0) is 57.3 Å². The molecule has 3 aliphatic carbocycles. The molecular formula is C14H23FO. The summed E-state index contributed by atoms with van der Waals surface area (Å²) >= 11 is 0. The Morgan fingerprint density at radius 1 is 1.31 bits per heavy atom. The number of alkyl halides is 1. The van der Waals surface area contributed by atoms with Gasteiger partial charge in [0.15, 0.2) is 0 Å². The largest absolute Gasteiger partial charge is 0.371 e. The van der Waals surface area contributed by atoms with Crippen molar-refractivity contribution in [3.05, 3.63) is 0 Å². The Morgan fingerprint density at radius 3 is 2.88 bits per heavy atom. The highest BCUT2D eigenvalue weighted by molar-refractivity contribution is 5.11. The Bertz CT molecular complexity index is 281. The van der Waals surface area contributed by atoms with Crippen molar-refractivity contribution in [3.8, 4) is 0 Å². The average Bonchev–Trinajstić information content (AvgIpc) is 2.27. The van der Waals surface area contributed by atoms with E-state index in [1.165, 1.54) is 38.5 Å². The van der Waals surface area contributed by atoms with Crippen LogP contribution in [0.3, 0.4) is 0 Å². The van der Waals surface area contributed by atoms with Crippen molar-refractivity contribution in [3.63, 3.8) is 0 Å². The van der Waals surface area contributed by atoms with Crippen LogP contribution in [0.4, 0.5) is 4.39 Å². The van der Waals surface area contributed by atoms with E-state index in [4.69, 9.17) is 4.74 Å². The molecule has 0 N–H and O–H groups in total. The van der Waals surface area contributed by atoms with Crippen LogP contribution in [0.2, 0.25) is 0 Å². The third kappa shape index (κ3) is 1.70. The molecule has 3 saturated carbocycles. The SMILES string of the molecule is CC(C)(F)COC12CC3CCCC(C1)C2C3. The van der Waals surface area contributed by atoms with E-state index in [-0.39, 0.29) is 12.2 Å². The molecule has 1 nitrogen and oxygen atoms in total. The summed E-state index contributed by atoms with van der Waals surface area (Å²) < 4.78 is 19.5. The van der Waals surface area contributed by atoms with Crippen LogP contribution in [0.5, 0.6) is 0 Å². The fourth-order valence-electron chi connectivity index (χ4n) is 4.31. The van der Waals surface area contributed by atoms with Gasteiger partial charge >= 0.3 is 0 Å². The molecule has 0 amide bonds. The van der Waals surface area contributed by atoms with Gasteiger partial charge in [0.2, 0.25) is 0 Å². The molecule has 0 aliphatic heterocycles. The Morgan fingerprint density at radius 2 is 2.12 bits per heavy atom. The summed E-state index contributed by atoms with van der Waals surface area (Å²) in [5.74, 6) is 2.54. The zero-order chi connectivity index (χ0) is 11.4. The minimum atomic E-state index is -1.17. The van der Waals surface area contributed by atoms with E-state index in [9.17, 15) is 4.39 Å². The van der Waals surface area contributed by atoms with Crippen LogP contribution in [0.15, 0.2) is 0 Å². The van der Waals surface area contributed by atoms with Crippen LogP contribution in [-0.4, -0.2) is 17.9 Å². The molecule has 2 heteroatoms. The van der Waals surface area contributed by atoms with Crippen LogP contribution in [0, 0.1) is 17.8 Å². The molecule has 0 aromatic rings. The Balaban J connectivity index is 1.67. The fourth-order valence-corrected chi connectivity index (χ4v) is 4.31. The zero-order valence-corrected chi connectivity index (χ0v) is 10.5. The quantitative estimate of drug-likeness (QED) is 0.712. The summed E-state index contributed by atoms with van der Waals surface area (Å²) in [4.78, 5) is 0. The fraction of sp³-hybridized carbons (Fsp3) is 1.00. The highest BCUT2D eigenvalue weighted by atomic mass is 19.1. The molecule has 3 fully saturated rings. The molecule has 0 saturated heterocycles. The first kappa shape index (κ1) is 11.0. The first-order valence-electron chi connectivity index (χ1n) is 6.81. The molecular weight excluding hydrogens is 203 g/mol. The lowest BCUT2D eigenvalue weighted by Gasteiger charge is -2.52. The van der Waals surface area contributed by atoms with Crippen LogP contribution in [-0.2, 0) is 4.74 Å². The molecule has 16 heavy (non-hydrogen) atoms. The van der Waals surface area contributed by atoms with E-state index in [0.717, 1.165) is 17.8 Å². The normalized spacial score (nSPS) is 46.3. The standard InChI is InChI=1S/C14H23FO/c1-13(2,15)9-16-14-7-10-4-3-5-11(8-14)12(14)6-10/h10-12H,3-9H2,1-2H3. The van der Waals surface area contributed by atoms with Gasteiger partial charge < -0.3 is 4.74 Å². The molecule has 0 radical (unpaired) electrons. The third-order valence-electron chi connectivity index (χ3n) is 4.96. The maximum absolute atomic E-state index is 13.5. The Kier molecular flexibility index (Phi) is 2.37. The average molecular weight is 226 g/mol. The van der Waals surface area contributed by atoms with Crippen LogP contribution in [0.1, 0.15) is 52.4 Å². The van der Waals surface area contributed by atoms with Crippen LogP contribution >= 0.6 is 0 Å². The second-order valence-corrected chi connectivity index (χ2v) is 6.88.